The first-order chi connectivity index (χ1) is 9.53. The zero-order valence-electron chi connectivity index (χ0n) is 12.5. The molecule has 0 aromatic rings. The average molecular weight is 285 g/mol. The van der Waals surface area contributed by atoms with Crippen LogP contribution in [0.2, 0.25) is 0 Å². The molecule has 4 N–H and O–H groups in total. The minimum atomic E-state index is -0.681. The standard InChI is InChI=1S/C14H27N3O3/c1-3-16-13(19)17-12(18)11(2)20-14(10-15)8-6-4-5-7-9-14/h11H,3-10,15H2,1-2H3,(H2,16,17,18,19). The van der Waals surface area contributed by atoms with Crippen LogP contribution in [0.4, 0.5) is 4.79 Å². The van der Waals surface area contributed by atoms with E-state index in [2.05, 4.69) is 10.6 Å². The molecule has 0 spiro atoms. The fraction of sp³-hybridized carbons (Fsp3) is 0.857. The van der Waals surface area contributed by atoms with E-state index in [0.717, 1.165) is 25.7 Å². The molecule has 0 radical (unpaired) electrons. The quantitative estimate of drug-likeness (QED) is 0.663. The van der Waals surface area contributed by atoms with Gasteiger partial charge < -0.3 is 15.8 Å². The number of rotatable bonds is 5. The highest BCUT2D eigenvalue weighted by Gasteiger charge is 2.34. The predicted molar refractivity (Wildman–Crippen MR) is 77.2 cm³/mol. The molecule has 0 aliphatic heterocycles. The van der Waals surface area contributed by atoms with E-state index in [-0.39, 0.29) is 0 Å². The second kappa shape index (κ2) is 8.21. The Morgan fingerprint density at radius 1 is 1.25 bits per heavy atom. The molecule has 0 aromatic carbocycles. The lowest BCUT2D eigenvalue weighted by Crippen LogP contribution is -2.49. The van der Waals surface area contributed by atoms with Crippen molar-refractivity contribution >= 4 is 11.9 Å². The van der Waals surface area contributed by atoms with E-state index in [0.29, 0.717) is 13.1 Å². The molecule has 1 atom stereocenters. The molecule has 1 saturated carbocycles. The molecule has 1 fully saturated rings. The fourth-order valence-electron chi connectivity index (χ4n) is 2.59. The van der Waals surface area contributed by atoms with Gasteiger partial charge in [-0.3, -0.25) is 10.1 Å². The molecule has 0 saturated heterocycles. The Kier molecular flexibility index (Phi) is 6.95. The van der Waals surface area contributed by atoms with Crippen LogP contribution in [-0.2, 0) is 9.53 Å². The highest BCUT2D eigenvalue weighted by Crippen LogP contribution is 2.30. The maximum absolute atomic E-state index is 11.9. The molecular weight excluding hydrogens is 258 g/mol. The van der Waals surface area contributed by atoms with E-state index >= 15 is 0 Å². The number of carbonyl (C=O) groups is 2. The maximum atomic E-state index is 11.9. The Balaban J connectivity index is 2.55. The molecule has 1 unspecified atom stereocenters. The highest BCUT2D eigenvalue weighted by molar-refractivity contribution is 5.96. The first-order valence-electron chi connectivity index (χ1n) is 7.49. The van der Waals surface area contributed by atoms with Crippen LogP contribution in [0.25, 0.3) is 0 Å². The third-order valence-electron chi connectivity index (χ3n) is 3.76. The molecule has 6 heteroatoms. The molecular formula is C14H27N3O3. The summed E-state index contributed by atoms with van der Waals surface area (Å²) in [5.74, 6) is -0.423. The Morgan fingerprint density at radius 3 is 2.35 bits per heavy atom. The van der Waals surface area contributed by atoms with Gasteiger partial charge in [-0.15, -0.1) is 0 Å². The molecule has 3 amide bonds. The molecule has 1 aliphatic rings. The Morgan fingerprint density at radius 2 is 1.85 bits per heavy atom. The second-order valence-electron chi connectivity index (χ2n) is 5.41. The number of nitrogens with two attached hydrogens (primary N) is 1. The average Bonchev–Trinajstić information content (AvgIpc) is 2.65. The number of amides is 3. The van der Waals surface area contributed by atoms with Gasteiger partial charge in [0, 0.05) is 13.1 Å². The Labute approximate surface area is 120 Å². The van der Waals surface area contributed by atoms with Crippen LogP contribution in [0.5, 0.6) is 0 Å². The largest absolute Gasteiger partial charge is 0.361 e. The van der Waals surface area contributed by atoms with Gasteiger partial charge in [-0.25, -0.2) is 4.79 Å². The third-order valence-corrected chi connectivity index (χ3v) is 3.76. The van der Waals surface area contributed by atoms with E-state index in [4.69, 9.17) is 10.5 Å². The van der Waals surface area contributed by atoms with Crippen molar-refractivity contribution in [2.75, 3.05) is 13.1 Å². The summed E-state index contributed by atoms with van der Waals surface area (Å²) in [6, 6.07) is -0.490. The van der Waals surface area contributed by atoms with Gasteiger partial charge in [0.2, 0.25) is 0 Å². The summed E-state index contributed by atoms with van der Waals surface area (Å²) >= 11 is 0. The Bertz CT molecular complexity index is 326. The van der Waals surface area contributed by atoms with Crippen molar-refractivity contribution in [2.45, 2.75) is 64.1 Å². The van der Waals surface area contributed by atoms with E-state index in [1.165, 1.54) is 12.8 Å². The van der Waals surface area contributed by atoms with Crippen LogP contribution in [0.15, 0.2) is 0 Å². The second-order valence-corrected chi connectivity index (χ2v) is 5.41. The van der Waals surface area contributed by atoms with Crippen LogP contribution in [-0.4, -0.2) is 36.7 Å². The molecule has 1 aliphatic carbocycles. The highest BCUT2D eigenvalue weighted by atomic mass is 16.5. The number of hydrogen-bond donors (Lipinski definition) is 3. The monoisotopic (exact) mass is 285 g/mol. The lowest BCUT2D eigenvalue weighted by Gasteiger charge is -2.34. The van der Waals surface area contributed by atoms with E-state index < -0.39 is 23.6 Å². The van der Waals surface area contributed by atoms with Gasteiger partial charge >= 0.3 is 6.03 Å². The lowest BCUT2D eigenvalue weighted by atomic mass is 9.94. The van der Waals surface area contributed by atoms with Crippen LogP contribution < -0.4 is 16.4 Å². The topological polar surface area (TPSA) is 93.5 Å². The zero-order valence-corrected chi connectivity index (χ0v) is 12.5. The molecule has 20 heavy (non-hydrogen) atoms. The summed E-state index contributed by atoms with van der Waals surface area (Å²) in [5, 5.41) is 4.79. The number of urea groups is 1. The van der Waals surface area contributed by atoms with Crippen molar-refractivity contribution < 1.29 is 14.3 Å². The maximum Gasteiger partial charge on any atom is 0.321 e. The molecule has 6 nitrogen and oxygen atoms in total. The van der Waals surface area contributed by atoms with E-state index in [1.807, 2.05) is 0 Å². The first-order valence-corrected chi connectivity index (χ1v) is 7.49. The van der Waals surface area contributed by atoms with Crippen molar-refractivity contribution in [3.05, 3.63) is 0 Å². The van der Waals surface area contributed by atoms with Gasteiger partial charge in [-0.2, -0.15) is 0 Å². The zero-order chi connectivity index (χ0) is 15.0. The van der Waals surface area contributed by atoms with Crippen LogP contribution in [0.1, 0.15) is 52.4 Å². The van der Waals surface area contributed by atoms with Crippen molar-refractivity contribution in [3.63, 3.8) is 0 Å². The molecule has 116 valence electrons. The van der Waals surface area contributed by atoms with Crippen molar-refractivity contribution in [3.8, 4) is 0 Å². The number of ether oxygens (including phenoxy) is 1. The van der Waals surface area contributed by atoms with Gasteiger partial charge in [0.25, 0.3) is 5.91 Å². The normalized spacial score (nSPS) is 19.8. The van der Waals surface area contributed by atoms with Gasteiger partial charge in [0.1, 0.15) is 6.10 Å². The summed E-state index contributed by atoms with van der Waals surface area (Å²) in [5.41, 5.74) is 5.45. The minimum Gasteiger partial charge on any atom is -0.361 e. The van der Waals surface area contributed by atoms with Gasteiger partial charge in [0.15, 0.2) is 0 Å². The lowest BCUT2D eigenvalue weighted by molar-refractivity contribution is -0.145. The SMILES string of the molecule is CCNC(=O)NC(=O)C(C)OC1(CN)CCCCCC1. The molecule has 0 aromatic heterocycles. The molecule has 0 heterocycles. The van der Waals surface area contributed by atoms with E-state index in [1.54, 1.807) is 13.8 Å². The van der Waals surface area contributed by atoms with Crippen molar-refractivity contribution in [1.29, 1.82) is 0 Å². The van der Waals surface area contributed by atoms with Gasteiger partial charge in [-0.1, -0.05) is 25.7 Å². The van der Waals surface area contributed by atoms with Crippen LogP contribution in [0, 0.1) is 0 Å². The fourth-order valence-corrected chi connectivity index (χ4v) is 2.59. The summed E-state index contributed by atoms with van der Waals surface area (Å²) < 4.78 is 5.93. The summed E-state index contributed by atoms with van der Waals surface area (Å²) in [4.78, 5) is 23.2. The summed E-state index contributed by atoms with van der Waals surface area (Å²) in [7, 11) is 0. The van der Waals surface area contributed by atoms with Gasteiger partial charge in [0.05, 0.1) is 5.60 Å². The first kappa shape index (κ1) is 16.9. The smallest absolute Gasteiger partial charge is 0.321 e. The predicted octanol–water partition coefficient (Wildman–Crippen LogP) is 1.29. The van der Waals surface area contributed by atoms with Crippen LogP contribution in [0.3, 0.4) is 0 Å². The third kappa shape index (κ3) is 5.09. The van der Waals surface area contributed by atoms with Crippen LogP contribution >= 0.6 is 0 Å². The summed E-state index contributed by atoms with van der Waals surface area (Å²) in [6.45, 7) is 4.34. The summed E-state index contributed by atoms with van der Waals surface area (Å²) in [6.07, 6.45) is 5.59. The van der Waals surface area contributed by atoms with Crippen molar-refractivity contribution in [1.82, 2.24) is 10.6 Å². The number of nitrogens with one attached hydrogen (secondary N) is 2. The molecule has 0 bridgehead atoms. The number of carbonyl (C=O) groups excluding carboxylic acids is 2. The minimum absolute atomic E-state index is 0.409. The van der Waals surface area contributed by atoms with Crippen molar-refractivity contribution in [2.24, 2.45) is 5.73 Å². The number of hydrogen-bond acceptors (Lipinski definition) is 4. The molecule has 1 rings (SSSR count). The number of imide groups is 1. The Hall–Kier alpha value is -1.14. The van der Waals surface area contributed by atoms with E-state index in [9.17, 15) is 9.59 Å². The van der Waals surface area contributed by atoms with Gasteiger partial charge in [-0.05, 0) is 26.7 Å².